The van der Waals surface area contributed by atoms with E-state index in [0.717, 1.165) is 10.5 Å². The normalized spacial score (nSPS) is 16.7. The molecule has 1 aliphatic rings. The fourth-order valence-corrected chi connectivity index (χ4v) is 2.78. The second-order valence-corrected chi connectivity index (χ2v) is 5.94. The molecule has 1 saturated heterocycles. The van der Waals surface area contributed by atoms with Crippen molar-refractivity contribution in [2.45, 2.75) is 19.4 Å². The number of anilines is 1. The highest BCUT2D eigenvalue weighted by Gasteiger charge is 2.40. The molecule has 2 N–H and O–H groups in total. The van der Waals surface area contributed by atoms with Gasteiger partial charge in [0.05, 0.1) is 19.2 Å². The smallest absolute Gasteiger partial charge is 0.265 e. The summed E-state index contributed by atoms with van der Waals surface area (Å²) in [7, 11) is 1.54. The molecule has 0 aromatic heterocycles. The Morgan fingerprint density at radius 1 is 1.12 bits per heavy atom. The molecule has 26 heavy (non-hydrogen) atoms. The number of hydrogen-bond acceptors (Lipinski definition) is 5. The van der Waals surface area contributed by atoms with Crippen LogP contribution in [0.4, 0.5) is 5.69 Å². The summed E-state index contributed by atoms with van der Waals surface area (Å²) >= 11 is 0. The first-order chi connectivity index (χ1) is 12.5. The summed E-state index contributed by atoms with van der Waals surface area (Å²) < 4.78 is 5.04. The van der Waals surface area contributed by atoms with E-state index >= 15 is 0 Å². The number of benzene rings is 2. The first-order valence-electron chi connectivity index (χ1n) is 8.13. The van der Waals surface area contributed by atoms with Crippen LogP contribution in [0.15, 0.2) is 48.5 Å². The molecule has 0 bridgehead atoms. The molecule has 1 unspecified atom stereocenters. The van der Waals surface area contributed by atoms with E-state index in [0.29, 0.717) is 17.0 Å². The number of carbonyl (C=O) groups is 3. The molecular weight excluding hydrogens is 334 g/mol. The third kappa shape index (κ3) is 3.43. The van der Waals surface area contributed by atoms with Gasteiger partial charge in [-0.1, -0.05) is 18.2 Å². The minimum absolute atomic E-state index is 0.0178. The third-order valence-corrected chi connectivity index (χ3v) is 4.22. The second-order valence-electron chi connectivity index (χ2n) is 5.94. The quantitative estimate of drug-likeness (QED) is 0.629. The standard InChI is InChI=1S/C19H19N3O4/c1-12-5-3-4-6-16(12)22-17(23)11-15(19(22)25)20-21-18(24)13-7-9-14(26-2)10-8-13/h3-10,15,20H,11H2,1-2H3,(H,21,24). The maximum atomic E-state index is 12.6. The number of aryl methyl sites for hydroxylation is 1. The molecule has 1 aliphatic heterocycles. The van der Waals surface area contributed by atoms with Crippen LogP contribution in [0.25, 0.3) is 0 Å². The summed E-state index contributed by atoms with van der Waals surface area (Å²) in [5.41, 5.74) is 6.95. The van der Waals surface area contributed by atoms with Crippen molar-refractivity contribution in [3.8, 4) is 5.75 Å². The molecule has 0 saturated carbocycles. The predicted molar refractivity (Wildman–Crippen MR) is 95.7 cm³/mol. The number of carbonyl (C=O) groups excluding carboxylic acids is 3. The zero-order chi connectivity index (χ0) is 18.7. The van der Waals surface area contributed by atoms with Crippen LogP contribution in [-0.4, -0.2) is 30.9 Å². The van der Waals surface area contributed by atoms with Gasteiger partial charge in [0.2, 0.25) is 5.91 Å². The Balaban J connectivity index is 1.65. The maximum absolute atomic E-state index is 12.6. The number of hydrogen-bond donors (Lipinski definition) is 2. The number of amides is 3. The average Bonchev–Trinajstić information content (AvgIpc) is 2.94. The Morgan fingerprint density at radius 2 is 1.81 bits per heavy atom. The first kappa shape index (κ1) is 17.6. The van der Waals surface area contributed by atoms with Crippen molar-refractivity contribution >= 4 is 23.4 Å². The fourth-order valence-electron chi connectivity index (χ4n) is 2.78. The van der Waals surface area contributed by atoms with Crippen molar-refractivity contribution in [1.82, 2.24) is 10.9 Å². The van der Waals surface area contributed by atoms with Gasteiger partial charge >= 0.3 is 0 Å². The Kier molecular flexibility index (Phi) is 4.99. The van der Waals surface area contributed by atoms with E-state index in [9.17, 15) is 14.4 Å². The highest BCUT2D eigenvalue weighted by molar-refractivity contribution is 6.22. The number of hydrazine groups is 1. The number of para-hydroxylation sites is 1. The molecule has 7 heteroatoms. The third-order valence-electron chi connectivity index (χ3n) is 4.22. The van der Waals surface area contributed by atoms with E-state index in [-0.39, 0.29) is 18.2 Å². The first-order valence-corrected chi connectivity index (χ1v) is 8.13. The van der Waals surface area contributed by atoms with Gasteiger partial charge < -0.3 is 4.74 Å². The van der Waals surface area contributed by atoms with E-state index < -0.39 is 11.9 Å². The molecule has 1 atom stereocenters. The van der Waals surface area contributed by atoms with Gasteiger partial charge in [0.25, 0.3) is 11.8 Å². The Hall–Kier alpha value is -3.19. The highest BCUT2D eigenvalue weighted by Crippen LogP contribution is 2.25. The molecule has 3 rings (SSSR count). The van der Waals surface area contributed by atoms with Gasteiger partial charge in [-0.2, -0.15) is 0 Å². The number of methoxy groups -OCH3 is 1. The van der Waals surface area contributed by atoms with E-state index in [1.807, 2.05) is 19.1 Å². The molecule has 2 aromatic rings. The summed E-state index contributed by atoms with van der Waals surface area (Å²) in [6, 6.07) is 12.9. The van der Waals surface area contributed by atoms with Gasteiger partial charge in [0.15, 0.2) is 0 Å². The highest BCUT2D eigenvalue weighted by atomic mass is 16.5. The summed E-state index contributed by atoms with van der Waals surface area (Å²) in [6.07, 6.45) is -0.0178. The van der Waals surface area contributed by atoms with Crippen LogP contribution in [0.3, 0.4) is 0 Å². The van der Waals surface area contributed by atoms with Crippen molar-refractivity contribution in [3.63, 3.8) is 0 Å². The van der Waals surface area contributed by atoms with Gasteiger partial charge in [-0.15, -0.1) is 0 Å². The fraction of sp³-hybridized carbons (Fsp3) is 0.211. The van der Waals surface area contributed by atoms with Crippen LogP contribution in [0.1, 0.15) is 22.3 Å². The zero-order valence-corrected chi connectivity index (χ0v) is 14.5. The summed E-state index contributed by atoms with van der Waals surface area (Å²) in [5.74, 6) is -0.456. The van der Waals surface area contributed by atoms with Gasteiger partial charge in [-0.05, 0) is 42.8 Å². The summed E-state index contributed by atoms with van der Waals surface area (Å²) in [5, 5.41) is 0. The van der Waals surface area contributed by atoms with E-state index in [1.54, 1.807) is 43.5 Å². The number of ether oxygens (including phenoxy) is 1. The van der Waals surface area contributed by atoms with Crippen LogP contribution in [0, 0.1) is 6.92 Å². The maximum Gasteiger partial charge on any atom is 0.265 e. The Morgan fingerprint density at radius 3 is 2.46 bits per heavy atom. The summed E-state index contributed by atoms with van der Waals surface area (Å²) in [6.45, 7) is 1.84. The number of nitrogens with one attached hydrogen (secondary N) is 2. The van der Waals surface area contributed by atoms with Crippen LogP contribution in [0.5, 0.6) is 5.75 Å². The van der Waals surface area contributed by atoms with Crippen molar-refractivity contribution in [2.24, 2.45) is 0 Å². The van der Waals surface area contributed by atoms with Crippen molar-refractivity contribution in [2.75, 3.05) is 12.0 Å². The van der Waals surface area contributed by atoms with Gasteiger partial charge in [-0.25, -0.2) is 10.3 Å². The second kappa shape index (κ2) is 7.37. The lowest BCUT2D eigenvalue weighted by Crippen LogP contribution is -2.48. The van der Waals surface area contributed by atoms with Crippen LogP contribution < -0.4 is 20.5 Å². The molecular formula is C19H19N3O4. The largest absolute Gasteiger partial charge is 0.497 e. The van der Waals surface area contributed by atoms with Crippen molar-refractivity contribution in [3.05, 3.63) is 59.7 Å². The zero-order valence-electron chi connectivity index (χ0n) is 14.5. The number of nitrogens with zero attached hydrogens (tertiary/aromatic N) is 1. The number of rotatable bonds is 5. The molecule has 2 aromatic carbocycles. The molecule has 0 spiro atoms. The van der Waals surface area contributed by atoms with E-state index in [1.165, 1.54) is 0 Å². The van der Waals surface area contributed by atoms with Gasteiger partial charge in [-0.3, -0.25) is 19.8 Å². The molecule has 1 heterocycles. The molecule has 3 amide bonds. The molecule has 1 fully saturated rings. The lowest BCUT2D eigenvalue weighted by Gasteiger charge is -2.17. The van der Waals surface area contributed by atoms with Crippen LogP contribution >= 0.6 is 0 Å². The molecule has 134 valence electrons. The topological polar surface area (TPSA) is 87.7 Å². The van der Waals surface area contributed by atoms with Crippen LogP contribution in [0.2, 0.25) is 0 Å². The van der Waals surface area contributed by atoms with Gasteiger partial charge in [0, 0.05) is 5.56 Å². The van der Waals surface area contributed by atoms with Crippen LogP contribution in [-0.2, 0) is 9.59 Å². The number of imide groups is 1. The van der Waals surface area contributed by atoms with Crippen molar-refractivity contribution < 1.29 is 19.1 Å². The monoisotopic (exact) mass is 353 g/mol. The Labute approximate surface area is 150 Å². The van der Waals surface area contributed by atoms with E-state index in [2.05, 4.69) is 10.9 Å². The molecule has 0 aliphatic carbocycles. The van der Waals surface area contributed by atoms with Gasteiger partial charge in [0.1, 0.15) is 11.8 Å². The predicted octanol–water partition coefficient (Wildman–Crippen LogP) is 1.57. The average molecular weight is 353 g/mol. The minimum Gasteiger partial charge on any atom is -0.497 e. The molecule has 7 nitrogen and oxygen atoms in total. The SMILES string of the molecule is COc1ccc(C(=O)NNC2CC(=O)N(c3ccccc3C)C2=O)cc1. The lowest BCUT2D eigenvalue weighted by atomic mass is 10.2. The molecule has 0 radical (unpaired) electrons. The van der Waals surface area contributed by atoms with E-state index in [4.69, 9.17) is 4.74 Å². The van der Waals surface area contributed by atoms with Crippen molar-refractivity contribution in [1.29, 1.82) is 0 Å². The summed E-state index contributed by atoms with van der Waals surface area (Å²) in [4.78, 5) is 38.2. The Bertz CT molecular complexity index is 848. The lowest BCUT2D eigenvalue weighted by molar-refractivity contribution is -0.121. The minimum atomic E-state index is -0.802.